The quantitative estimate of drug-likeness (QED) is 0.661. The van der Waals surface area contributed by atoms with Crippen molar-refractivity contribution in [3.63, 3.8) is 0 Å². The first-order valence-corrected chi connectivity index (χ1v) is 8.31. The van der Waals surface area contributed by atoms with Crippen LogP contribution in [-0.2, 0) is 0 Å². The standard InChI is InChI=1S/C16H27N5/c1-11(2)16-18-14(20-17)10-15(19-16)21-9-5-7-12-6-3-4-8-13(12)21/h10-13H,3-9,17H2,1-2H3,(H,18,19,20)/t12-,13-/m1/s1. The van der Waals surface area contributed by atoms with E-state index in [1.165, 1.54) is 38.5 Å². The minimum atomic E-state index is 0.309. The topological polar surface area (TPSA) is 67.1 Å². The molecule has 116 valence electrons. The molecule has 2 atom stereocenters. The fourth-order valence-corrected chi connectivity index (χ4v) is 3.84. The van der Waals surface area contributed by atoms with Crippen molar-refractivity contribution in [1.82, 2.24) is 9.97 Å². The zero-order valence-electron chi connectivity index (χ0n) is 13.2. The number of nitrogen functional groups attached to an aromatic ring is 1. The van der Waals surface area contributed by atoms with Gasteiger partial charge in [-0.2, -0.15) is 0 Å². The molecule has 21 heavy (non-hydrogen) atoms. The van der Waals surface area contributed by atoms with Crippen molar-refractivity contribution in [2.45, 2.75) is 64.3 Å². The summed E-state index contributed by atoms with van der Waals surface area (Å²) in [6.07, 6.45) is 8.08. The van der Waals surface area contributed by atoms with Crippen molar-refractivity contribution in [2.24, 2.45) is 11.8 Å². The summed E-state index contributed by atoms with van der Waals surface area (Å²) < 4.78 is 0. The Morgan fingerprint density at radius 2 is 1.95 bits per heavy atom. The third-order valence-electron chi connectivity index (χ3n) is 4.93. The van der Waals surface area contributed by atoms with Gasteiger partial charge < -0.3 is 10.3 Å². The van der Waals surface area contributed by atoms with Crippen molar-refractivity contribution >= 4 is 11.6 Å². The Balaban J connectivity index is 1.92. The molecule has 0 bridgehead atoms. The van der Waals surface area contributed by atoms with Gasteiger partial charge in [0.15, 0.2) is 0 Å². The third kappa shape index (κ3) is 2.98. The minimum Gasteiger partial charge on any atom is -0.353 e. The van der Waals surface area contributed by atoms with Gasteiger partial charge in [-0.1, -0.05) is 26.7 Å². The van der Waals surface area contributed by atoms with E-state index in [0.717, 1.165) is 29.9 Å². The van der Waals surface area contributed by atoms with E-state index in [1.807, 2.05) is 6.07 Å². The number of piperidine rings is 1. The van der Waals surface area contributed by atoms with Crippen LogP contribution in [0.2, 0.25) is 0 Å². The Bertz CT molecular complexity index is 486. The van der Waals surface area contributed by atoms with Crippen LogP contribution in [0, 0.1) is 5.92 Å². The van der Waals surface area contributed by atoms with Crippen LogP contribution in [0.4, 0.5) is 11.6 Å². The maximum absolute atomic E-state index is 5.59. The van der Waals surface area contributed by atoms with E-state index >= 15 is 0 Å². The van der Waals surface area contributed by atoms with E-state index in [9.17, 15) is 0 Å². The first kappa shape index (κ1) is 14.6. The number of aromatic nitrogens is 2. The highest BCUT2D eigenvalue weighted by Gasteiger charge is 2.34. The molecule has 1 aliphatic carbocycles. The summed E-state index contributed by atoms with van der Waals surface area (Å²) in [5.41, 5.74) is 2.70. The Hall–Kier alpha value is -1.36. The van der Waals surface area contributed by atoms with Crippen molar-refractivity contribution < 1.29 is 0 Å². The molecular formula is C16H27N5. The molecule has 1 aromatic rings. The molecule has 1 aromatic heterocycles. The van der Waals surface area contributed by atoms with Crippen LogP contribution in [0.15, 0.2) is 6.07 Å². The Morgan fingerprint density at radius 3 is 2.71 bits per heavy atom. The lowest BCUT2D eigenvalue weighted by Gasteiger charge is -2.45. The lowest BCUT2D eigenvalue weighted by atomic mass is 9.78. The number of hydrazine groups is 1. The van der Waals surface area contributed by atoms with E-state index in [2.05, 4.69) is 29.2 Å². The molecule has 3 rings (SSSR count). The normalized spacial score (nSPS) is 25.8. The van der Waals surface area contributed by atoms with Gasteiger partial charge >= 0.3 is 0 Å². The largest absolute Gasteiger partial charge is 0.353 e. The van der Waals surface area contributed by atoms with Gasteiger partial charge in [0.2, 0.25) is 0 Å². The first-order chi connectivity index (χ1) is 10.2. The number of nitrogens with two attached hydrogens (primary N) is 1. The van der Waals surface area contributed by atoms with Crippen LogP contribution < -0.4 is 16.2 Å². The van der Waals surface area contributed by atoms with Gasteiger partial charge in [-0.25, -0.2) is 15.8 Å². The predicted octanol–water partition coefficient (Wildman–Crippen LogP) is 3.04. The van der Waals surface area contributed by atoms with Gasteiger partial charge in [-0.15, -0.1) is 0 Å². The van der Waals surface area contributed by atoms with Gasteiger partial charge in [-0.3, -0.25) is 0 Å². The molecule has 2 heterocycles. The van der Waals surface area contributed by atoms with E-state index in [0.29, 0.717) is 12.0 Å². The highest BCUT2D eigenvalue weighted by Crippen LogP contribution is 2.37. The smallest absolute Gasteiger partial charge is 0.145 e. The zero-order chi connectivity index (χ0) is 14.8. The average Bonchev–Trinajstić information content (AvgIpc) is 2.53. The van der Waals surface area contributed by atoms with Gasteiger partial charge in [0.1, 0.15) is 17.5 Å². The van der Waals surface area contributed by atoms with Crippen molar-refractivity contribution in [3.8, 4) is 0 Å². The lowest BCUT2D eigenvalue weighted by Crippen LogP contribution is -2.47. The van der Waals surface area contributed by atoms with Crippen LogP contribution in [0.1, 0.15) is 64.1 Å². The zero-order valence-corrected chi connectivity index (χ0v) is 13.2. The maximum Gasteiger partial charge on any atom is 0.145 e. The summed E-state index contributed by atoms with van der Waals surface area (Å²) in [5.74, 6) is 9.40. The number of nitrogens with zero attached hydrogens (tertiary/aromatic N) is 3. The fraction of sp³-hybridized carbons (Fsp3) is 0.750. The van der Waals surface area contributed by atoms with Gasteiger partial charge in [0.25, 0.3) is 0 Å². The van der Waals surface area contributed by atoms with Crippen molar-refractivity contribution in [1.29, 1.82) is 0 Å². The molecule has 5 heteroatoms. The van der Waals surface area contributed by atoms with Crippen LogP contribution >= 0.6 is 0 Å². The SMILES string of the molecule is CC(C)c1nc(NN)cc(N2CCC[C@H]3CCCC[C@H]32)n1. The average molecular weight is 289 g/mol. The molecule has 5 nitrogen and oxygen atoms in total. The van der Waals surface area contributed by atoms with Crippen LogP contribution in [0.5, 0.6) is 0 Å². The Labute approximate surface area is 127 Å². The van der Waals surface area contributed by atoms with Gasteiger partial charge in [-0.05, 0) is 31.6 Å². The predicted molar refractivity (Wildman–Crippen MR) is 86.3 cm³/mol. The van der Waals surface area contributed by atoms with E-state index < -0.39 is 0 Å². The molecule has 1 saturated heterocycles. The summed E-state index contributed by atoms with van der Waals surface area (Å²) in [6, 6.07) is 2.66. The molecule has 0 amide bonds. The van der Waals surface area contributed by atoms with Gasteiger partial charge in [0.05, 0.1) is 0 Å². The molecular weight excluding hydrogens is 262 g/mol. The fourth-order valence-electron chi connectivity index (χ4n) is 3.84. The summed E-state index contributed by atoms with van der Waals surface area (Å²) in [6.45, 7) is 5.36. The monoisotopic (exact) mass is 289 g/mol. The maximum atomic E-state index is 5.59. The number of anilines is 2. The molecule has 0 unspecified atom stereocenters. The summed E-state index contributed by atoms with van der Waals surface area (Å²) in [4.78, 5) is 11.8. The number of rotatable bonds is 3. The van der Waals surface area contributed by atoms with Crippen LogP contribution in [-0.4, -0.2) is 22.6 Å². The molecule has 0 spiro atoms. The number of hydrogen-bond acceptors (Lipinski definition) is 5. The molecule has 2 aliphatic rings. The van der Waals surface area contributed by atoms with E-state index in [1.54, 1.807) is 0 Å². The first-order valence-electron chi connectivity index (χ1n) is 8.31. The number of hydrogen-bond donors (Lipinski definition) is 2. The molecule has 1 aliphatic heterocycles. The lowest BCUT2D eigenvalue weighted by molar-refractivity contribution is 0.242. The van der Waals surface area contributed by atoms with Crippen LogP contribution in [0.25, 0.3) is 0 Å². The highest BCUT2D eigenvalue weighted by atomic mass is 15.3. The number of nitrogens with one attached hydrogen (secondary N) is 1. The van der Waals surface area contributed by atoms with Crippen molar-refractivity contribution in [2.75, 3.05) is 16.9 Å². The van der Waals surface area contributed by atoms with Crippen LogP contribution in [0.3, 0.4) is 0 Å². The minimum absolute atomic E-state index is 0.309. The molecule has 1 saturated carbocycles. The third-order valence-corrected chi connectivity index (χ3v) is 4.93. The molecule has 3 N–H and O–H groups in total. The molecule has 0 aromatic carbocycles. The second-order valence-electron chi connectivity index (χ2n) is 6.72. The Kier molecular flexibility index (Phi) is 4.29. The molecule has 2 fully saturated rings. The highest BCUT2D eigenvalue weighted by molar-refractivity contribution is 5.50. The summed E-state index contributed by atoms with van der Waals surface area (Å²) >= 11 is 0. The summed E-state index contributed by atoms with van der Waals surface area (Å²) in [5, 5.41) is 0. The summed E-state index contributed by atoms with van der Waals surface area (Å²) in [7, 11) is 0. The van der Waals surface area contributed by atoms with Gasteiger partial charge in [0, 0.05) is 24.6 Å². The van der Waals surface area contributed by atoms with E-state index in [4.69, 9.17) is 10.8 Å². The van der Waals surface area contributed by atoms with Crippen molar-refractivity contribution in [3.05, 3.63) is 11.9 Å². The second-order valence-corrected chi connectivity index (χ2v) is 6.72. The second kappa shape index (κ2) is 6.18. The molecule has 0 radical (unpaired) electrons. The number of fused-ring (bicyclic) bond motifs is 1. The van der Waals surface area contributed by atoms with E-state index in [-0.39, 0.29) is 0 Å². The Morgan fingerprint density at radius 1 is 1.19 bits per heavy atom.